The van der Waals surface area contributed by atoms with E-state index in [4.69, 9.17) is 22.9 Å². The second-order valence-corrected chi connectivity index (χ2v) is 8.44. The summed E-state index contributed by atoms with van der Waals surface area (Å²) >= 11 is 5.53. The number of benzene rings is 1. The molecule has 2 atom stereocenters. The molecule has 0 aliphatic carbocycles. The summed E-state index contributed by atoms with van der Waals surface area (Å²) in [6, 6.07) is 5.31. The predicted molar refractivity (Wildman–Crippen MR) is 119 cm³/mol. The van der Waals surface area contributed by atoms with Crippen molar-refractivity contribution < 1.29 is 8.78 Å². The van der Waals surface area contributed by atoms with E-state index >= 15 is 0 Å². The molecule has 3 N–H and O–H groups in total. The van der Waals surface area contributed by atoms with Crippen LogP contribution in [0.2, 0.25) is 0 Å². The number of halogens is 2. The molecule has 162 valence electrons. The molecule has 3 aromatic rings. The van der Waals surface area contributed by atoms with Crippen LogP contribution < -0.4 is 16.0 Å². The molecule has 0 spiro atoms. The highest BCUT2D eigenvalue weighted by molar-refractivity contribution is 7.80. The van der Waals surface area contributed by atoms with Gasteiger partial charge in [-0.15, -0.1) is 0 Å². The molecule has 2 aliphatic rings. The standard InChI is InChI=1S/C21H23F2N7S/c22-13-3-4-16(23)15(10-13)18-2-1-7-29(18)19-6-9-30-20(27-19)17(11-25-30)26-21(31)28-8-5-14(24)12-28/h3-4,6,9-11,14,18H,1-2,5,7-8,12,24H2,(H,26,31)/t14-,18+/m0/s1. The fourth-order valence-corrected chi connectivity index (χ4v) is 4.68. The lowest BCUT2D eigenvalue weighted by Gasteiger charge is -2.26. The number of fused-ring (bicyclic) bond motifs is 1. The lowest BCUT2D eigenvalue weighted by Crippen LogP contribution is -2.35. The van der Waals surface area contributed by atoms with Gasteiger partial charge in [0.2, 0.25) is 0 Å². The average Bonchev–Trinajstić information content (AvgIpc) is 3.49. The Labute approximate surface area is 183 Å². The van der Waals surface area contributed by atoms with Gasteiger partial charge in [0.15, 0.2) is 10.8 Å². The predicted octanol–water partition coefficient (Wildman–Crippen LogP) is 3.08. The molecule has 2 aliphatic heterocycles. The third kappa shape index (κ3) is 3.81. The average molecular weight is 444 g/mol. The van der Waals surface area contributed by atoms with Gasteiger partial charge < -0.3 is 20.9 Å². The van der Waals surface area contributed by atoms with Crippen molar-refractivity contribution in [3.63, 3.8) is 0 Å². The molecular formula is C21H23F2N7S. The molecule has 0 saturated carbocycles. The minimum atomic E-state index is -0.441. The zero-order valence-electron chi connectivity index (χ0n) is 16.8. The maximum Gasteiger partial charge on any atom is 0.180 e. The van der Waals surface area contributed by atoms with Crippen molar-refractivity contribution in [1.82, 2.24) is 19.5 Å². The first-order valence-corrected chi connectivity index (χ1v) is 10.8. The van der Waals surface area contributed by atoms with Crippen molar-refractivity contribution in [2.24, 2.45) is 5.73 Å². The smallest absolute Gasteiger partial charge is 0.180 e. The number of nitrogens with one attached hydrogen (secondary N) is 1. The summed E-state index contributed by atoms with van der Waals surface area (Å²) in [5, 5.41) is 8.17. The summed E-state index contributed by atoms with van der Waals surface area (Å²) in [5.41, 5.74) is 7.66. The van der Waals surface area contributed by atoms with Gasteiger partial charge in [-0.25, -0.2) is 18.3 Å². The van der Waals surface area contributed by atoms with Gasteiger partial charge >= 0.3 is 0 Å². The summed E-state index contributed by atoms with van der Waals surface area (Å²) in [5.74, 6) is -0.152. The molecule has 4 heterocycles. The van der Waals surface area contributed by atoms with Crippen LogP contribution in [0.25, 0.3) is 5.65 Å². The highest BCUT2D eigenvalue weighted by atomic mass is 32.1. The molecule has 7 nitrogen and oxygen atoms in total. The first-order valence-electron chi connectivity index (χ1n) is 10.4. The maximum atomic E-state index is 14.4. The molecule has 2 saturated heterocycles. The molecule has 2 aromatic heterocycles. The third-order valence-electron chi connectivity index (χ3n) is 5.97. The first kappa shape index (κ1) is 20.1. The van der Waals surface area contributed by atoms with E-state index in [1.807, 2.05) is 22.1 Å². The van der Waals surface area contributed by atoms with Crippen LogP contribution in [-0.4, -0.2) is 50.3 Å². The largest absolute Gasteiger partial charge is 0.349 e. The van der Waals surface area contributed by atoms with Crippen molar-refractivity contribution in [3.8, 4) is 0 Å². The Hall–Kier alpha value is -2.85. The van der Waals surface area contributed by atoms with Crippen molar-refractivity contribution in [3.05, 3.63) is 53.9 Å². The van der Waals surface area contributed by atoms with Gasteiger partial charge in [-0.05, 0) is 55.7 Å². The summed E-state index contributed by atoms with van der Waals surface area (Å²) in [4.78, 5) is 8.84. The molecule has 5 rings (SSSR count). The quantitative estimate of drug-likeness (QED) is 0.603. The monoisotopic (exact) mass is 443 g/mol. The van der Waals surface area contributed by atoms with Crippen molar-refractivity contribution >= 4 is 34.5 Å². The lowest BCUT2D eigenvalue weighted by molar-refractivity contribution is 0.518. The Morgan fingerprint density at radius 3 is 2.87 bits per heavy atom. The SMILES string of the molecule is N[C@H]1CCN(C(=S)Nc2cnn3ccc(N4CCC[C@@H]4c4cc(F)ccc4F)nc23)C1. The second-order valence-electron chi connectivity index (χ2n) is 8.05. The molecular weight excluding hydrogens is 420 g/mol. The van der Waals surface area contributed by atoms with E-state index in [2.05, 4.69) is 10.4 Å². The maximum absolute atomic E-state index is 14.4. The van der Waals surface area contributed by atoms with Crippen LogP contribution in [0.15, 0.2) is 36.7 Å². The third-order valence-corrected chi connectivity index (χ3v) is 6.33. The van der Waals surface area contributed by atoms with Gasteiger partial charge in [0.05, 0.1) is 12.2 Å². The fourth-order valence-electron chi connectivity index (χ4n) is 4.41. The van der Waals surface area contributed by atoms with Crippen LogP contribution in [0.1, 0.15) is 30.9 Å². The van der Waals surface area contributed by atoms with Crippen LogP contribution in [-0.2, 0) is 0 Å². The van der Waals surface area contributed by atoms with Crippen LogP contribution in [0, 0.1) is 11.6 Å². The normalized spacial score (nSPS) is 21.3. The zero-order valence-corrected chi connectivity index (χ0v) is 17.7. The van der Waals surface area contributed by atoms with E-state index in [-0.39, 0.29) is 12.1 Å². The Morgan fingerprint density at radius 1 is 1.19 bits per heavy atom. The van der Waals surface area contributed by atoms with Gasteiger partial charge in [-0.1, -0.05) is 0 Å². The highest BCUT2D eigenvalue weighted by Gasteiger charge is 2.30. The van der Waals surface area contributed by atoms with Crippen LogP contribution in [0.4, 0.5) is 20.3 Å². The highest BCUT2D eigenvalue weighted by Crippen LogP contribution is 2.37. The van der Waals surface area contributed by atoms with Crippen molar-refractivity contribution in [1.29, 1.82) is 0 Å². The van der Waals surface area contributed by atoms with Crippen LogP contribution >= 0.6 is 12.2 Å². The fraction of sp³-hybridized carbons (Fsp3) is 0.381. The molecule has 0 bridgehead atoms. The number of thiocarbonyl (C=S) groups is 1. The summed E-state index contributed by atoms with van der Waals surface area (Å²) in [6.07, 6.45) is 6.01. The van der Waals surface area contributed by atoms with Gasteiger partial charge in [-0.3, -0.25) is 0 Å². The van der Waals surface area contributed by atoms with Crippen LogP contribution in [0.3, 0.4) is 0 Å². The minimum absolute atomic E-state index is 0.128. The number of anilines is 2. The van der Waals surface area contributed by atoms with Gasteiger partial charge in [0.1, 0.15) is 23.1 Å². The Morgan fingerprint density at radius 2 is 2.06 bits per heavy atom. The number of aromatic nitrogens is 3. The van der Waals surface area contributed by atoms with Gasteiger partial charge in [0, 0.05) is 37.4 Å². The molecule has 10 heteroatoms. The molecule has 0 unspecified atom stereocenters. The number of nitrogens with zero attached hydrogens (tertiary/aromatic N) is 5. The zero-order chi connectivity index (χ0) is 21.5. The Balaban J connectivity index is 1.43. The number of nitrogens with two attached hydrogens (primary N) is 1. The molecule has 0 radical (unpaired) electrons. The van der Waals surface area contributed by atoms with E-state index < -0.39 is 11.6 Å². The first-order chi connectivity index (χ1) is 15.0. The van der Waals surface area contributed by atoms with Crippen LogP contribution in [0.5, 0.6) is 0 Å². The van der Waals surface area contributed by atoms with E-state index in [0.29, 0.717) is 34.4 Å². The number of rotatable bonds is 3. The van der Waals surface area contributed by atoms with Gasteiger partial charge in [0.25, 0.3) is 0 Å². The molecule has 0 amide bonds. The van der Waals surface area contributed by atoms with Crippen molar-refractivity contribution in [2.45, 2.75) is 31.3 Å². The van der Waals surface area contributed by atoms with E-state index in [9.17, 15) is 8.78 Å². The minimum Gasteiger partial charge on any atom is -0.349 e. The lowest BCUT2D eigenvalue weighted by atomic mass is 10.0. The van der Waals surface area contributed by atoms with E-state index in [1.54, 1.807) is 10.7 Å². The molecule has 31 heavy (non-hydrogen) atoms. The molecule has 2 fully saturated rings. The molecule has 1 aromatic carbocycles. The number of hydrogen-bond acceptors (Lipinski definition) is 5. The topological polar surface area (TPSA) is 74.7 Å². The Bertz CT molecular complexity index is 1130. The number of likely N-dealkylation sites (tertiary alicyclic amines) is 1. The summed E-state index contributed by atoms with van der Waals surface area (Å²) in [6.45, 7) is 2.25. The van der Waals surface area contributed by atoms with Gasteiger partial charge in [-0.2, -0.15) is 5.10 Å². The van der Waals surface area contributed by atoms with Crippen molar-refractivity contribution in [2.75, 3.05) is 29.9 Å². The second kappa shape index (κ2) is 8.01. The van der Waals surface area contributed by atoms with E-state index in [1.165, 1.54) is 12.1 Å². The Kier molecular flexibility index (Phi) is 5.19. The van der Waals surface area contributed by atoms with E-state index in [0.717, 1.165) is 38.4 Å². The summed E-state index contributed by atoms with van der Waals surface area (Å²) in [7, 11) is 0. The summed E-state index contributed by atoms with van der Waals surface area (Å²) < 4.78 is 29.9. The number of hydrogen-bond donors (Lipinski definition) is 2.